The van der Waals surface area contributed by atoms with Crippen molar-refractivity contribution in [2.45, 2.75) is 380 Å². The number of carbonyl (C=O) groups excluding carboxylic acids is 3. The number of hydrogen-bond donors (Lipinski definition) is 0. The molecule has 0 aliphatic rings. The molecular weight excluding hydrogens is 937 g/mol. The van der Waals surface area contributed by atoms with Gasteiger partial charge >= 0.3 is 17.9 Å². The van der Waals surface area contributed by atoms with E-state index in [0.717, 1.165) is 64.2 Å². The summed E-state index contributed by atoms with van der Waals surface area (Å²) in [5.41, 5.74) is 0. The molecule has 0 fully saturated rings. The lowest BCUT2D eigenvalue weighted by Gasteiger charge is -2.18. The second kappa shape index (κ2) is 65.2. The van der Waals surface area contributed by atoms with Crippen LogP contribution in [0.15, 0.2) is 36.5 Å². The van der Waals surface area contributed by atoms with Crippen LogP contribution in [-0.4, -0.2) is 37.2 Å². The fourth-order valence-corrected chi connectivity index (χ4v) is 10.2. The molecule has 0 aromatic heterocycles. The van der Waals surface area contributed by atoms with E-state index in [0.29, 0.717) is 19.3 Å². The zero-order chi connectivity index (χ0) is 55.0. The van der Waals surface area contributed by atoms with Crippen LogP contribution in [0.5, 0.6) is 0 Å². The highest BCUT2D eigenvalue weighted by Crippen LogP contribution is 2.18. The van der Waals surface area contributed by atoms with Crippen molar-refractivity contribution >= 4 is 17.9 Å². The quantitative estimate of drug-likeness (QED) is 0.0261. The summed E-state index contributed by atoms with van der Waals surface area (Å²) in [5, 5.41) is 0. The van der Waals surface area contributed by atoms with E-state index >= 15 is 0 Å². The molecule has 0 saturated heterocycles. The first kappa shape index (κ1) is 73.6. The summed E-state index contributed by atoms with van der Waals surface area (Å²) in [6.45, 7) is 6.69. The van der Waals surface area contributed by atoms with Crippen LogP contribution < -0.4 is 0 Å². The van der Waals surface area contributed by atoms with E-state index in [9.17, 15) is 14.4 Å². The van der Waals surface area contributed by atoms with Crippen LogP contribution in [-0.2, 0) is 28.6 Å². The molecule has 76 heavy (non-hydrogen) atoms. The Morgan fingerprint density at radius 2 is 0.474 bits per heavy atom. The van der Waals surface area contributed by atoms with Crippen LogP contribution in [0.1, 0.15) is 374 Å². The Morgan fingerprint density at radius 1 is 0.263 bits per heavy atom. The van der Waals surface area contributed by atoms with Gasteiger partial charge in [0.25, 0.3) is 0 Å². The molecule has 0 bridgehead atoms. The maximum absolute atomic E-state index is 12.9. The molecule has 6 nitrogen and oxygen atoms in total. The number of esters is 3. The third-order valence-corrected chi connectivity index (χ3v) is 15.4. The molecule has 0 aromatic carbocycles. The van der Waals surface area contributed by atoms with Gasteiger partial charge in [0.1, 0.15) is 13.2 Å². The number of carbonyl (C=O) groups is 3. The molecule has 0 N–H and O–H groups in total. The summed E-state index contributed by atoms with van der Waals surface area (Å²) in [4.78, 5) is 38.4. The zero-order valence-electron chi connectivity index (χ0n) is 51.3. The highest BCUT2D eigenvalue weighted by molar-refractivity contribution is 5.71. The van der Waals surface area contributed by atoms with E-state index in [2.05, 4.69) is 57.2 Å². The first-order chi connectivity index (χ1) is 37.5. The van der Waals surface area contributed by atoms with Gasteiger partial charge in [0.2, 0.25) is 0 Å². The number of rotatable bonds is 63. The van der Waals surface area contributed by atoms with Crippen LogP contribution in [0.3, 0.4) is 0 Å². The second-order valence-corrected chi connectivity index (χ2v) is 23.1. The molecule has 0 heterocycles. The van der Waals surface area contributed by atoms with Crippen LogP contribution in [0.4, 0.5) is 0 Å². The van der Waals surface area contributed by atoms with Crippen molar-refractivity contribution in [2.24, 2.45) is 0 Å². The van der Waals surface area contributed by atoms with Crippen molar-refractivity contribution in [2.75, 3.05) is 13.2 Å². The molecule has 1 unspecified atom stereocenters. The van der Waals surface area contributed by atoms with Gasteiger partial charge in [-0.15, -0.1) is 0 Å². The predicted molar refractivity (Wildman–Crippen MR) is 330 cm³/mol. The molecule has 0 spiro atoms. The predicted octanol–water partition coefficient (Wildman–Crippen LogP) is 23.2. The molecular formula is C70H130O6. The molecule has 0 aliphatic heterocycles. The van der Waals surface area contributed by atoms with Crippen molar-refractivity contribution in [3.8, 4) is 0 Å². The van der Waals surface area contributed by atoms with Gasteiger partial charge in [0.05, 0.1) is 0 Å². The normalized spacial score (nSPS) is 12.2. The fraction of sp³-hybridized carbons (Fsp3) is 0.871. The first-order valence-corrected chi connectivity index (χ1v) is 34.0. The maximum atomic E-state index is 12.9. The Morgan fingerprint density at radius 3 is 0.737 bits per heavy atom. The SMILES string of the molecule is CCCCCCC/C=C\C/C=C\CCCCCCCCCCCCCCCCCC(=O)OCC(COC(=O)CCCCCCCCCCCCCCCC)OC(=O)CCCCCCCCC/C=C\CCCCCCCC. The van der Waals surface area contributed by atoms with E-state index in [4.69, 9.17) is 14.2 Å². The summed E-state index contributed by atoms with van der Waals surface area (Å²) >= 11 is 0. The zero-order valence-corrected chi connectivity index (χ0v) is 51.3. The lowest BCUT2D eigenvalue weighted by atomic mass is 10.0. The number of hydrogen-bond acceptors (Lipinski definition) is 6. The highest BCUT2D eigenvalue weighted by atomic mass is 16.6. The maximum Gasteiger partial charge on any atom is 0.306 e. The third kappa shape index (κ3) is 62.5. The number of unbranched alkanes of at least 4 members (excludes halogenated alkanes) is 46. The molecule has 0 aliphatic carbocycles. The summed E-state index contributed by atoms with van der Waals surface area (Å²) in [6.07, 6.45) is 80.2. The third-order valence-electron chi connectivity index (χ3n) is 15.4. The standard InChI is InChI=1S/C70H130O6/c1-4-7-10-13-16-19-22-25-28-30-31-32-33-34-35-36-37-38-39-41-42-45-48-51-54-57-60-63-69(72)75-66-67(65-74-68(71)62-59-56-53-50-47-44-27-24-21-18-15-12-9-6-3)76-70(73)64-61-58-55-52-49-46-43-40-29-26-23-20-17-14-11-8-5-2/h22,25-26,29-31,67H,4-21,23-24,27-28,32-66H2,1-3H3/b25-22-,29-26-,31-30-. The van der Waals surface area contributed by atoms with Crippen molar-refractivity contribution < 1.29 is 28.6 Å². The van der Waals surface area contributed by atoms with Crippen molar-refractivity contribution in [3.05, 3.63) is 36.5 Å². The largest absolute Gasteiger partial charge is 0.462 e. The van der Waals surface area contributed by atoms with Gasteiger partial charge in [0.15, 0.2) is 6.10 Å². The summed E-state index contributed by atoms with van der Waals surface area (Å²) in [7, 11) is 0. The van der Waals surface area contributed by atoms with E-state index < -0.39 is 6.10 Å². The molecule has 0 rings (SSSR count). The van der Waals surface area contributed by atoms with E-state index in [-0.39, 0.29) is 31.1 Å². The Balaban J connectivity index is 4.23. The summed E-state index contributed by atoms with van der Waals surface area (Å²) in [5.74, 6) is -0.846. The molecule has 0 saturated carbocycles. The molecule has 0 amide bonds. The van der Waals surface area contributed by atoms with Gasteiger partial charge in [-0.25, -0.2) is 0 Å². The molecule has 446 valence electrons. The lowest BCUT2D eigenvalue weighted by molar-refractivity contribution is -0.167. The van der Waals surface area contributed by atoms with Crippen LogP contribution in [0, 0.1) is 0 Å². The second-order valence-electron chi connectivity index (χ2n) is 23.1. The highest BCUT2D eigenvalue weighted by Gasteiger charge is 2.19. The Hall–Kier alpha value is -2.37. The monoisotopic (exact) mass is 1070 g/mol. The van der Waals surface area contributed by atoms with E-state index in [1.807, 2.05) is 0 Å². The molecule has 0 radical (unpaired) electrons. The average Bonchev–Trinajstić information content (AvgIpc) is 3.42. The lowest BCUT2D eigenvalue weighted by Crippen LogP contribution is -2.30. The number of ether oxygens (including phenoxy) is 3. The van der Waals surface area contributed by atoms with Crippen LogP contribution >= 0.6 is 0 Å². The minimum Gasteiger partial charge on any atom is -0.462 e. The average molecular weight is 1070 g/mol. The Kier molecular flexibility index (Phi) is 63.1. The van der Waals surface area contributed by atoms with Crippen molar-refractivity contribution in [1.82, 2.24) is 0 Å². The Bertz CT molecular complexity index is 1270. The van der Waals surface area contributed by atoms with Crippen LogP contribution in [0.25, 0.3) is 0 Å². The Labute approximate surface area is 474 Å². The van der Waals surface area contributed by atoms with Crippen molar-refractivity contribution in [1.29, 1.82) is 0 Å². The molecule has 0 aromatic rings. The van der Waals surface area contributed by atoms with Gasteiger partial charge in [-0.2, -0.15) is 0 Å². The summed E-state index contributed by atoms with van der Waals surface area (Å²) < 4.78 is 17.0. The van der Waals surface area contributed by atoms with Gasteiger partial charge in [-0.05, 0) is 77.0 Å². The van der Waals surface area contributed by atoms with Crippen molar-refractivity contribution in [3.63, 3.8) is 0 Å². The molecule has 1 atom stereocenters. The first-order valence-electron chi connectivity index (χ1n) is 34.0. The number of allylic oxidation sites excluding steroid dienone is 6. The topological polar surface area (TPSA) is 78.9 Å². The minimum absolute atomic E-state index is 0.0685. The fourth-order valence-electron chi connectivity index (χ4n) is 10.2. The van der Waals surface area contributed by atoms with E-state index in [1.165, 1.54) is 270 Å². The van der Waals surface area contributed by atoms with Gasteiger partial charge in [0, 0.05) is 19.3 Å². The smallest absolute Gasteiger partial charge is 0.306 e. The van der Waals surface area contributed by atoms with E-state index in [1.54, 1.807) is 0 Å². The van der Waals surface area contributed by atoms with Gasteiger partial charge in [-0.1, -0.05) is 314 Å². The molecule has 6 heteroatoms. The van der Waals surface area contributed by atoms with Crippen LogP contribution in [0.2, 0.25) is 0 Å². The van der Waals surface area contributed by atoms with Gasteiger partial charge < -0.3 is 14.2 Å². The summed E-state index contributed by atoms with van der Waals surface area (Å²) in [6, 6.07) is 0. The van der Waals surface area contributed by atoms with Gasteiger partial charge in [-0.3, -0.25) is 14.4 Å². The minimum atomic E-state index is -0.772.